The van der Waals surface area contributed by atoms with Crippen molar-refractivity contribution in [1.82, 2.24) is 9.55 Å². The van der Waals surface area contributed by atoms with Crippen molar-refractivity contribution in [3.05, 3.63) is 45.4 Å². The van der Waals surface area contributed by atoms with Gasteiger partial charge in [-0.25, -0.2) is 4.79 Å². The summed E-state index contributed by atoms with van der Waals surface area (Å²) in [4.78, 5) is 24.5. The van der Waals surface area contributed by atoms with Crippen LogP contribution in [0.1, 0.15) is 6.23 Å². The molecule has 3 unspecified atom stereocenters. The summed E-state index contributed by atoms with van der Waals surface area (Å²) in [5.74, 6) is 1.82. The molecule has 0 saturated carbocycles. The van der Waals surface area contributed by atoms with Crippen LogP contribution in [0, 0.1) is 12.3 Å². The average Bonchev–Trinajstić information content (AvgIpc) is 2.55. The summed E-state index contributed by atoms with van der Waals surface area (Å²) in [6, 6.07) is 1.06. The maximum Gasteiger partial charge on any atom is 0.331 e. The molecule has 0 aliphatic carbocycles. The van der Waals surface area contributed by atoms with Crippen LogP contribution in [-0.2, 0) is 4.74 Å². The minimum atomic E-state index is -2.13. The summed E-state index contributed by atoms with van der Waals surface area (Å²) in [6.07, 6.45) is 3.40. The van der Waals surface area contributed by atoms with Crippen molar-refractivity contribution < 1.29 is 14.9 Å². The molecule has 0 spiro atoms. The number of aliphatic hydroxyl groups excluding tert-OH is 1. The van der Waals surface area contributed by atoms with Crippen molar-refractivity contribution in [3.63, 3.8) is 0 Å². The molecule has 0 bridgehead atoms. The summed E-state index contributed by atoms with van der Waals surface area (Å²) >= 11 is 0. The zero-order valence-corrected chi connectivity index (χ0v) is 9.16. The first-order valence-electron chi connectivity index (χ1n) is 4.95. The van der Waals surface area contributed by atoms with Gasteiger partial charge in [-0.2, -0.15) is 0 Å². The van der Waals surface area contributed by atoms with Gasteiger partial charge in [0.15, 0.2) is 6.10 Å². The number of rotatable bonds is 1. The quantitative estimate of drug-likeness (QED) is 0.515. The Bertz CT molecular complexity index is 652. The summed E-state index contributed by atoms with van der Waals surface area (Å²) in [7, 11) is 0. The summed E-state index contributed by atoms with van der Waals surface area (Å²) in [5.41, 5.74) is -3.54. The van der Waals surface area contributed by atoms with E-state index >= 15 is 0 Å². The van der Waals surface area contributed by atoms with Crippen LogP contribution in [-0.4, -0.2) is 31.5 Å². The molecule has 2 rings (SSSR count). The van der Waals surface area contributed by atoms with Crippen LogP contribution in [0.5, 0.6) is 0 Å². The lowest BCUT2D eigenvalue weighted by Crippen LogP contribution is -2.46. The molecule has 1 aliphatic heterocycles. The van der Waals surface area contributed by atoms with Gasteiger partial charge in [0.05, 0.1) is 0 Å². The number of terminal acetylenes is 1. The van der Waals surface area contributed by atoms with Crippen molar-refractivity contribution in [2.75, 3.05) is 0 Å². The number of nitrogens with one attached hydrogen (secondary N) is 1. The van der Waals surface area contributed by atoms with Gasteiger partial charge in [-0.05, 0) is 0 Å². The van der Waals surface area contributed by atoms with Crippen LogP contribution < -0.4 is 11.2 Å². The second-order valence-electron chi connectivity index (χ2n) is 3.83. The molecule has 1 fully saturated rings. The van der Waals surface area contributed by atoms with Gasteiger partial charge in [0, 0.05) is 12.3 Å². The van der Waals surface area contributed by atoms with Crippen LogP contribution in [0.4, 0.5) is 0 Å². The Labute approximate surface area is 101 Å². The average molecular weight is 250 g/mol. The lowest BCUT2D eigenvalue weighted by atomic mass is 9.97. The van der Waals surface area contributed by atoms with E-state index in [1.165, 1.54) is 0 Å². The third-order valence-electron chi connectivity index (χ3n) is 2.70. The Balaban J connectivity index is 2.58. The second-order valence-corrected chi connectivity index (χ2v) is 3.83. The number of ether oxygens (including phenoxy) is 1. The smallest absolute Gasteiger partial charge is 0.331 e. The van der Waals surface area contributed by atoms with E-state index in [0.717, 1.165) is 16.8 Å². The number of hydrogen-bond acceptors (Lipinski definition) is 5. The second kappa shape index (κ2) is 3.87. The van der Waals surface area contributed by atoms with Crippen LogP contribution in [0.25, 0.3) is 0 Å². The molecule has 3 atom stereocenters. The van der Waals surface area contributed by atoms with E-state index in [-0.39, 0.29) is 5.76 Å². The van der Waals surface area contributed by atoms with Gasteiger partial charge in [-0.3, -0.25) is 14.3 Å². The number of nitrogens with zero attached hydrogens (tertiary/aromatic N) is 1. The minimum absolute atomic E-state index is 0.154. The zero-order chi connectivity index (χ0) is 13.5. The van der Waals surface area contributed by atoms with Gasteiger partial charge in [0.25, 0.3) is 5.56 Å². The highest BCUT2D eigenvalue weighted by molar-refractivity contribution is 5.25. The predicted molar refractivity (Wildman–Crippen MR) is 60.4 cm³/mol. The molecule has 0 aromatic carbocycles. The maximum absolute atomic E-state index is 11.6. The van der Waals surface area contributed by atoms with E-state index in [2.05, 4.69) is 6.58 Å². The Morgan fingerprint density at radius 3 is 2.83 bits per heavy atom. The highest BCUT2D eigenvalue weighted by Crippen LogP contribution is 2.38. The lowest BCUT2D eigenvalue weighted by molar-refractivity contribution is -0.0666. The van der Waals surface area contributed by atoms with Crippen LogP contribution in [0.3, 0.4) is 0 Å². The molecular weight excluding hydrogens is 240 g/mol. The van der Waals surface area contributed by atoms with Gasteiger partial charge in [-0.1, -0.05) is 12.5 Å². The van der Waals surface area contributed by atoms with Crippen molar-refractivity contribution in [2.24, 2.45) is 0 Å². The van der Waals surface area contributed by atoms with Crippen molar-refractivity contribution in [1.29, 1.82) is 0 Å². The lowest BCUT2D eigenvalue weighted by Gasteiger charge is -2.24. The number of aromatic amines is 1. The standard InChI is InChI=1S/C11H10N2O5/c1-3-11(17)8(15)6(2)18-9(11)13-5-4-7(14)12-10(13)16/h1,4-5,8-9,15,17H,2H2,(H,12,14,16). The fourth-order valence-electron chi connectivity index (χ4n) is 1.71. The first-order valence-corrected chi connectivity index (χ1v) is 4.95. The Morgan fingerprint density at radius 2 is 2.28 bits per heavy atom. The molecular formula is C11H10N2O5. The third kappa shape index (κ3) is 1.55. The normalized spacial score (nSPS) is 30.8. The van der Waals surface area contributed by atoms with E-state index < -0.39 is 29.2 Å². The molecule has 1 aromatic rings. The monoisotopic (exact) mass is 250 g/mol. The largest absolute Gasteiger partial charge is 0.468 e. The molecule has 18 heavy (non-hydrogen) atoms. The van der Waals surface area contributed by atoms with E-state index in [0.29, 0.717) is 0 Å². The molecule has 0 radical (unpaired) electrons. The van der Waals surface area contributed by atoms with Gasteiger partial charge in [0.2, 0.25) is 11.8 Å². The van der Waals surface area contributed by atoms with Gasteiger partial charge < -0.3 is 14.9 Å². The van der Waals surface area contributed by atoms with E-state index in [1.807, 2.05) is 10.9 Å². The highest BCUT2D eigenvalue weighted by Gasteiger charge is 2.53. The number of aromatic nitrogens is 2. The Kier molecular flexibility index (Phi) is 2.62. The third-order valence-corrected chi connectivity index (χ3v) is 2.70. The molecule has 1 aromatic heterocycles. The molecule has 94 valence electrons. The van der Waals surface area contributed by atoms with Gasteiger partial charge in [-0.15, -0.1) is 6.42 Å². The molecule has 7 heteroatoms. The topological polar surface area (TPSA) is 105 Å². The first kappa shape index (κ1) is 12.2. The van der Waals surface area contributed by atoms with Crippen molar-refractivity contribution >= 4 is 0 Å². The van der Waals surface area contributed by atoms with Crippen molar-refractivity contribution in [3.8, 4) is 12.3 Å². The molecule has 7 nitrogen and oxygen atoms in total. The maximum atomic E-state index is 11.6. The molecule has 2 heterocycles. The fraction of sp³-hybridized carbons (Fsp3) is 0.273. The van der Waals surface area contributed by atoms with E-state index in [4.69, 9.17) is 11.2 Å². The van der Waals surface area contributed by atoms with E-state index in [1.54, 1.807) is 0 Å². The molecule has 3 N–H and O–H groups in total. The zero-order valence-electron chi connectivity index (χ0n) is 9.16. The van der Waals surface area contributed by atoms with Crippen LogP contribution in [0.15, 0.2) is 34.2 Å². The minimum Gasteiger partial charge on any atom is -0.468 e. The molecule has 0 amide bonds. The SMILES string of the molecule is C#CC1(O)C(O)C(=C)OC1n1ccc(=O)[nH]c1=O. The summed E-state index contributed by atoms with van der Waals surface area (Å²) in [5, 5.41) is 19.8. The fourth-order valence-corrected chi connectivity index (χ4v) is 1.71. The molecule has 1 aliphatic rings. The molecule has 1 saturated heterocycles. The Hall–Kier alpha value is -2.30. The Morgan fingerprint density at radius 1 is 1.61 bits per heavy atom. The predicted octanol–water partition coefficient (Wildman–Crippen LogP) is -1.70. The van der Waals surface area contributed by atoms with Crippen molar-refractivity contribution in [2.45, 2.75) is 17.9 Å². The summed E-state index contributed by atoms with van der Waals surface area (Å²) in [6.45, 7) is 3.39. The first-order chi connectivity index (χ1) is 8.40. The number of H-pyrrole nitrogens is 1. The highest BCUT2D eigenvalue weighted by atomic mass is 16.6. The van der Waals surface area contributed by atoms with Crippen LogP contribution >= 0.6 is 0 Å². The van der Waals surface area contributed by atoms with Gasteiger partial charge in [0.1, 0.15) is 5.76 Å². The van der Waals surface area contributed by atoms with Crippen LogP contribution in [0.2, 0.25) is 0 Å². The van der Waals surface area contributed by atoms with E-state index in [9.17, 15) is 19.8 Å². The van der Waals surface area contributed by atoms with Gasteiger partial charge >= 0.3 is 5.69 Å². The number of hydrogen-bond donors (Lipinski definition) is 3. The number of aliphatic hydroxyl groups is 2. The summed E-state index contributed by atoms with van der Waals surface area (Å²) < 4.78 is 5.97.